The third-order valence-corrected chi connectivity index (χ3v) is 11.9. The molecular formula is C23H29F3O5SSi. The van der Waals surface area contributed by atoms with E-state index in [9.17, 15) is 21.6 Å². The Morgan fingerprint density at radius 1 is 0.970 bits per heavy atom. The molecule has 3 rings (SSSR count). The molecule has 0 aromatic heterocycles. The van der Waals surface area contributed by atoms with Gasteiger partial charge in [0.05, 0.1) is 6.61 Å². The van der Waals surface area contributed by atoms with Crippen LogP contribution in [0.15, 0.2) is 60.7 Å². The molecular weight excluding hydrogens is 473 g/mol. The highest BCUT2D eigenvalue weighted by atomic mass is 32.2. The summed E-state index contributed by atoms with van der Waals surface area (Å²) in [6, 6.07) is 19.5. The normalized spacial score (nSPS) is 20.5. The summed E-state index contributed by atoms with van der Waals surface area (Å²) in [4.78, 5) is 0. The molecule has 5 nitrogen and oxygen atoms in total. The second-order valence-electron chi connectivity index (χ2n) is 9.06. The van der Waals surface area contributed by atoms with E-state index in [0.29, 0.717) is 13.0 Å². The Bertz CT molecular complexity index is 968. The van der Waals surface area contributed by atoms with E-state index in [1.807, 2.05) is 60.7 Å². The van der Waals surface area contributed by atoms with Crippen LogP contribution in [0.2, 0.25) is 5.04 Å². The highest BCUT2D eigenvalue weighted by Crippen LogP contribution is 2.37. The van der Waals surface area contributed by atoms with Gasteiger partial charge in [-0.15, -0.1) is 0 Å². The average molecular weight is 503 g/mol. The van der Waals surface area contributed by atoms with Crippen LogP contribution in [0.25, 0.3) is 0 Å². The Morgan fingerprint density at radius 2 is 1.48 bits per heavy atom. The zero-order valence-electron chi connectivity index (χ0n) is 18.8. The minimum Gasteiger partial charge on any atom is -0.405 e. The molecule has 0 N–H and O–H groups in total. The van der Waals surface area contributed by atoms with Gasteiger partial charge in [-0.25, -0.2) is 0 Å². The fraction of sp³-hybridized carbons (Fsp3) is 0.478. The van der Waals surface area contributed by atoms with Gasteiger partial charge in [-0.1, -0.05) is 81.4 Å². The molecule has 10 heteroatoms. The van der Waals surface area contributed by atoms with Crippen LogP contribution in [-0.2, 0) is 23.5 Å². The Labute approximate surface area is 194 Å². The van der Waals surface area contributed by atoms with Crippen LogP contribution >= 0.6 is 0 Å². The molecule has 2 aromatic rings. The molecule has 0 aliphatic carbocycles. The smallest absolute Gasteiger partial charge is 0.405 e. The lowest BCUT2D eigenvalue weighted by molar-refractivity contribution is -0.0966. The first-order valence-corrected chi connectivity index (χ1v) is 14.1. The molecule has 1 saturated heterocycles. The van der Waals surface area contributed by atoms with Crippen molar-refractivity contribution in [2.45, 2.75) is 56.4 Å². The van der Waals surface area contributed by atoms with E-state index in [1.165, 1.54) is 0 Å². The molecule has 1 heterocycles. The first-order valence-electron chi connectivity index (χ1n) is 10.7. The minimum atomic E-state index is -5.74. The van der Waals surface area contributed by atoms with Gasteiger partial charge in [0.2, 0.25) is 0 Å². The number of halogens is 3. The minimum absolute atomic E-state index is 0.0919. The van der Waals surface area contributed by atoms with Crippen molar-refractivity contribution in [2.75, 3.05) is 13.2 Å². The van der Waals surface area contributed by atoms with E-state index >= 15 is 0 Å². The zero-order chi connectivity index (χ0) is 24.3. The molecule has 0 spiro atoms. The summed E-state index contributed by atoms with van der Waals surface area (Å²) in [5, 5.41) is 1.65. The highest BCUT2D eigenvalue weighted by Gasteiger charge is 2.52. The van der Waals surface area contributed by atoms with Crippen LogP contribution in [0.4, 0.5) is 13.2 Å². The van der Waals surface area contributed by atoms with E-state index < -0.39 is 36.2 Å². The van der Waals surface area contributed by atoms with Gasteiger partial charge in [0, 0.05) is 6.61 Å². The summed E-state index contributed by atoms with van der Waals surface area (Å²) in [7, 11) is -8.71. The lowest BCUT2D eigenvalue weighted by Gasteiger charge is -2.44. The van der Waals surface area contributed by atoms with Crippen LogP contribution < -0.4 is 10.4 Å². The molecule has 2 atom stereocenters. The van der Waals surface area contributed by atoms with Gasteiger partial charge in [-0.3, -0.25) is 4.18 Å². The quantitative estimate of drug-likeness (QED) is 0.326. The van der Waals surface area contributed by atoms with E-state index in [4.69, 9.17) is 9.16 Å². The van der Waals surface area contributed by atoms with Crippen molar-refractivity contribution >= 4 is 28.8 Å². The molecule has 182 valence electrons. The number of benzene rings is 2. The lowest BCUT2D eigenvalue weighted by atomic mass is 10.1. The molecule has 0 amide bonds. The molecule has 1 aliphatic heterocycles. The summed E-state index contributed by atoms with van der Waals surface area (Å²) in [5.74, 6) is 0. The van der Waals surface area contributed by atoms with E-state index in [1.54, 1.807) is 0 Å². The average Bonchev–Trinajstić information content (AvgIpc) is 2.75. The van der Waals surface area contributed by atoms with Crippen molar-refractivity contribution in [3.05, 3.63) is 60.7 Å². The summed E-state index contributed by atoms with van der Waals surface area (Å²) in [5.41, 5.74) is -5.49. The van der Waals surface area contributed by atoms with Gasteiger partial charge in [0.15, 0.2) is 0 Å². The van der Waals surface area contributed by atoms with Crippen molar-refractivity contribution in [1.82, 2.24) is 0 Å². The second-order valence-corrected chi connectivity index (χ2v) is 14.9. The van der Waals surface area contributed by atoms with Crippen molar-refractivity contribution in [2.24, 2.45) is 0 Å². The Morgan fingerprint density at radius 3 is 1.94 bits per heavy atom. The fourth-order valence-electron chi connectivity index (χ4n) is 4.26. The fourth-order valence-corrected chi connectivity index (χ4v) is 9.49. The van der Waals surface area contributed by atoms with Crippen LogP contribution in [0.1, 0.15) is 33.6 Å². The van der Waals surface area contributed by atoms with Crippen molar-refractivity contribution in [3.63, 3.8) is 0 Å². The summed E-state index contributed by atoms with van der Waals surface area (Å²) in [6.45, 7) is 6.42. The first kappa shape index (κ1) is 25.9. The van der Waals surface area contributed by atoms with Crippen molar-refractivity contribution in [1.29, 1.82) is 0 Å². The first-order chi connectivity index (χ1) is 15.4. The lowest BCUT2D eigenvalue weighted by Crippen LogP contribution is -2.67. The van der Waals surface area contributed by atoms with Crippen LogP contribution in [0.3, 0.4) is 0 Å². The van der Waals surface area contributed by atoms with E-state index in [-0.39, 0.29) is 18.1 Å². The van der Waals surface area contributed by atoms with E-state index in [2.05, 4.69) is 25.0 Å². The maximum Gasteiger partial charge on any atom is 0.523 e. The molecule has 0 radical (unpaired) electrons. The molecule has 2 aromatic carbocycles. The molecule has 1 aliphatic rings. The third-order valence-electron chi connectivity index (χ3n) is 5.79. The number of hydrogen-bond donors (Lipinski definition) is 0. The summed E-state index contributed by atoms with van der Waals surface area (Å²) >= 11 is 0. The second kappa shape index (κ2) is 9.87. The van der Waals surface area contributed by atoms with Crippen LogP contribution in [0.5, 0.6) is 0 Å². The van der Waals surface area contributed by atoms with Gasteiger partial charge >= 0.3 is 15.6 Å². The number of hydrogen-bond acceptors (Lipinski definition) is 5. The number of rotatable bonds is 7. The van der Waals surface area contributed by atoms with Gasteiger partial charge in [-0.05, 0) is 28.3 Å². The van der Waals surface area contributed by atoms with Gasteiger partial charge in [0.25, 0.3) is 8.32 Å². The molecule has 0 saturated carbocycles. The standard InChI is InChI=1S/C23H29F3O5SSi/c1-22(2,3)33(18-11-6-4-7-12-18,19-13-8-5-9-14-19)30-17-21-20(15-10-16-29-21)31-32(27,28)23(24,25)26/h4-9,11-14,20-21H,10,15-17H2,1-3H3/t20-,21+/m1/s1. The molecule has 1 fully saturated rings. The van der Waals surface area contributed by atoms with Gasteiger partial charge in [-0.2, -0.15) is 21.6 Å². The Balaban J connectivity index is 1.97. The zero-order valence-corrected chi connectivity index (χ0v) is 20.7. The predicted octanol–water partition coefficient (Wildman–Crippen LogP) is 3.98. The number of alkyl halides is 3. The largest absolute Gasteiger partial charge is 0.523 e. The van der Waals surface area contributed by atoms with Crippen molar-refractivity contribution < 1.29 is 34.9 Å². The van der Waals surface area contributed by atoms with Gasteiger partial charge < -0.3 is 9.16 Å². The van der Waals surface area contributed by atoms with Crippen LogP contribution in [0, 0.1) is 0 Å². The van der Waals surface area contributed by atoms with E-state index in [0.717, 1.165) is 10.4 Å². The monoisotopic (exact) mass is 502 g/mol. The maximum absolute atomic E-state index is 12.9. The topological polar surface area (TPSA) is 61.8 Å². The Kier molecular flexibility index (Phi) is 7.74. The van der Waals surface area contributed by atoms with Crippen molar-refractivity contribution in [3.8, 4) is 0 Å². The third kappa shape index (κ3) is 5.51. The maximum atomic E-state index is 12.9. The highest BCUT2D eigenvalue weighted by molar-refractivity contribution is 7.87. The molecule has 0 bridgehead atoms. The summed E-state index contributed by atoms with van der Waals surface area (Å²) in [6.07, 6.45) is -1.70. The Hall–Kier alpha value is -1.72. The van der Waals surface area contributed by atoms with Crippen LogP contribution in [-0.4, -0.2) is 47.7 Å². The molecule has 0 unspecified atom stereocenters. The predicted molar refractivity (Wildman–Crippen MR) is 122 cm³/mol. The number of ether oxygens (including phenoxy) is 1. The summed E-state index contributed by atoms with van der Waals surface area (Å²) < 4.78 is 78.9. The van der Waals surface area contributed by atoms with Gasteiger partial charge in [0.1, 0.15) is 12.2 Å². The molecule has 33 heavy (non-hydrogen) atoms. The SMILES string of the molecule is CC(C)(C)[Si](OC[C@@H]1OCCC[C@H]1OS(=O)(=O)C(F)(F)F)(c1ccccc1)c1ccccc1.